The number of nitrogens with zero attached hydrogens (tertiary/aromatic N) is 1. The molecule has 1 fully saturated rings. The summed E-state index contributed by atoms with van der Waals surface area (Å²) in [7, 11) is 0. The first-order valence-electron chi connectivity index (χ1n) is 7.12. The standard InChI is InChI=1S/C15H23NO4/c1-9-5-6-11-10(9)7-15(11,8-16(19)20)12(13(17)18)14(2,3)4/h5-6,9-12H,7-8H2,1-4H3,(H,17,18)/t9?,10-,11+,12?,15+/m0/s1. The van der Waals surface area contributed by atoms with E-state index in [4.69, 9.17) is 0 Å². The molecule has 0 bridgehead atoms. The fourth-order valence-corrected chi connectivity index (χ4v) is 4.54. The molecule has 2 aliphatic rings. The second-order valence-corrected chi connectivity index (χ2v) is 7.50. The third-order valence-corrected chi connectivity index (χ3v) is 5.15. The predicted molar refractivity (Wildman–Crippen MR) is 74.8 cm³/mol. The van der Waals surface area contributed by atoms with Crippen LogP contribution in [0, 0.1) is 44.6 Å². The number of carboxylic acids is 1. The number of fused-ring (bicyclic) bond motifs is 1. The van der Waals surface area contributed by atoms with Crippen LogP contribution < -0.4 is 0 Å². The molecule has 0 saturated heterocycles. The van der Waals surface area contributed by atoms with E-state index in [9.17, 15) is 20.0 Å². The van der Waals surface area contributed by atoms with Crippen molar-refractivity contribution in [1.82, 2.24) is 0 Å². The van der Waals surface area contributed by atoms with E-state index in [1.54, 1.807) is 0 Å². The zero-order valence-corrected chi connectivity index (χ0v) is 12.5. The maximum Gasteiger partial charge on any atom is 0.307 e. The first-order chi connectivity index (χ1) is 9.09. The number of nitro groups is 1. The maximum atomic E-state index is 11.8. The predicted octanol–water partition coefficient (Wildman–Crippen LogP) is 2.84. The quantitative estimate of drug-likeness (QED) is 0.488. The van der Waals surface area contributed by atoms with E-state index in [1.165, 1.54) is 0 Å². The number of hydrogen-bond acceptors (Lipinski definition) is 3. The van der Waals surface area contributed by atoms with E-state index >= 15 is 0 Å². The Bertz CT molecular complexity index is 465. The van der Waals surface area contributed by atoms with Crippen LogP contribution in [0.1, 0.15) is 34.1 Å². The Labute approximate surface area is 119 Å². The highest BCUT2D eigenvalue weighted by Crippen LogP contribution is 2.64. The monoisotopic (exact) mass is 281 g/mol. The Balaban J connectivity index is 2.41. The molecule has 0 aromatic carbocycles. The van der Waals surface area contributed by atoms with Gasteiger partial charge in [-0.3, -0.25) is 14.9 Å². The van der Waals surface area contributed by atoms with Crippen molar-refractivity contribution < 1.29 is 14.8 Å². The molecule has 1 saturated carbocycles. The number of carboxylic acid groups (broad SMARTS) is 1. The SMILES string of the molecule is CC1C=C[C@@H]2[C@H]1C[C@]2(C[N+](=O)[O-])C(C(=O)O)C(C)(C)C. The van der Waals surface area contributed by atoms with E-state index in [2.05, 4.69) is 13.0 Å². The molecule has 0 heterocycles. The zero-order valence-electron chi connectivity index (χ0n) is 12.5. The van der Waals surface area contributed by atoms with Crippen LogP contribution in [0.2, 0.25) is 0 Å². The van der Waals surface area contributed by atoms with Gasteiger partial charge in [-0.25, -0.2) is 0 Å². The summed E-state index contributed by atoms with van der Waals surface area (Å²) in [6, 6.07) is 0. The van der Waals surface area contributed by atoms with Gasteiger partial charge in [0.2, 0.25) is 6.54 Å². The van der Waals surface area contributed by atoms with E-state index in [-0.39, 0.29) is 17.4 Å². The van der Waals surface area contributed by atoms with Crippen LogP contribution >= 0.6 is 0 Å². The minimum Gasteiger partial charge on any atom is -0.481 e. The third-order valence-electron chi connectivity index (χ3n) is 5.15. The summed E-state index contributed by atoms with van der Waals surface area (Å²) in [6.45, 7) is 7.44. The van der Waals surface area contributed by atoms with Crippen molar-refractivity contribution in [2.75, 3.05) is 6.54 Å². The molecule has 5 nitrogen and oxygen atoms in total. The van der Waals surface area contributed by atoms with Crippen LogP contribution in [0.5, 0.6) is 0 Å². The molecule has 20 heavy (non-hydrogen) atoms. The summed E-state index contributed by atoms with van der Waals surface area (Å²) >= 11 is 0. The number of aliphatic carboxylic acids is 1. The molecule has 0 amide bonds. The van der Waals surface area contributed by atoms with Crippen molar-refractivity contribution in [3.8, 4) is 0 Å². The van der Waals surface area contributed by atoms with Gasteiger partial charge < -0.3 is 5.11 Å². The van der Waals surface area contributed by atoms with E-state index < -0.39 is 22.7 Å². The number of hydrogen-bond donors (Lipinski definition) is 1. The van der Waals surface area contributed by atoms with Crippen molar-refractivity contribution in [2.24, 2.45) is 34.5 Å². The average Bonchev–Trinajstić information content (AvgIpc) is 2.50. The smallest absolute Gasteiger partial charge is 0.307 e. The van der Waals surface area contributed by atoms with Crippen molar-refractivity contribution in [1.29, 1.82) is 0 Å². The summed E-state index contributed by atoms with van der Waals surface area (Å²) < 4.78 is 0. The molecule has 0 spiro atoms. The third kappa shape index (κ3) is 2.13. The lowest BCUT2D eigenvalue weighted by Crippen LogP contribution is -2.60. The van der Waals surface area contributed by atoms with Crippen LogP contribution in [0.3, 0.4) is 0 Å². The molecule has 2 unspecified atom stereocenters. The minimum atomic E-state index is -0.911. The Morgan fingerprint density at radius 1 is 1.50 bits per heavy atom. The highest BCUT2D eigenvalue weighted by atomic mass is 16.6. The fraction of sp³-hybridized carbons (Fsp3) is 0.800. The minimum absolute atomic E-state index is 0.0308. The summed E-state index contributed by atoms with van der Waals surface area (Å²) in [6.07, 6.45) is 4.74. The molecule has 1 N–H and O–H groups in total. The van der Waals surface area contributed by atoms with Crippen molar-refractivity contribution in [2.45, 2.75) is 34.1 Å². The number of carbonyl (C=O) groups is 1. The van der Waals surface area contributed by atoms with Crippen molar-refractivity contribution in [3.05, 3.63) is 22.3 Å². The molecule has 0 radical (unpaired) electrons. The fourth-order valence-electron chi connectivity index (χ4n) is 4.54. The molecular formula is C15H23NO4. The summed E-state index contributed by atoms with van der Waals surface area (Å²) in [5.41, 5.74) is -1.23. The number of allylic oxidation sites excluding steroid dienone is 2. The molecule has 2 rings (SSSR count). The molecular weight excluding hydrogens is 258 g/mol. The topological polar surface area (TPSA) is 80.4 Å². The van der Waals surface area contributed by atoms with Crippen LogP contribution in [0.25, 0.3) is 0 Å². The summed E-state index contributed by atoms with van der Waals surface area (Å²) in [5, 5.41) is 20.8. The molecule has 5 atom stereocenters. The van der Waals surface area contributed by atoms with Gasteiger partial charge in [-0.15, -0.1) is 0 Å². The van der Waals surface area contributed by atoms with Crippen LogP contribution in [-0.2, 0) is 4.79 Å². The zero-order chi connectivity index (χ0) is 15.3. The largest absolute Gasteiger partial charge is 0.481 e. The van der Waals surface area contributed by atoms with E-state index in [0.29, 0.717) is 18.3 Å². The first kappa shape index (κ1) is 15.0. The summed E-state index contributed by atoms with van der Waals surface area (Å²) in [4.78, 5) is 22.6. The molecule has 0 aromatic heterocycles. The van der Waals surface area contributed by atoms with Gasteiger partial charge in [0, 0.05) is 4.92 Å². The lowest BCUT2D eigenvalue weighted by atomic mass is 9.45. The second kappa shape index (κ2) is 4.57. The lowest BCUT2D eigenvalue weighted by molar-refractivity contribution is -0.510. The first-order valence-corrected chi connectivity index (χ1v) is 7.12. The Hall–Kier alpha value is -1.39. The van der Waals surface area contributed by atoms with Crippen molar-refractivity contribution in [3.63, 3.8) is 0 Å². The van der Waals surface area contributed by atoms with Gasteiger partial charge in [0.15, 0.2) is 0 Å². The van der Waals surface area contributed by atoms with E-state index in [1.807, 2.05) is 26.8 Å². The van der Waals surface area contributed by atoms with Gasteiger partial charge in [0.1, 0.15) is 0 Å². The highest BCUT2D eigenvalue weighted by Gasteiger charge is 2.66. The van der Waals surface area contributed by atoms with Crippen LogP contribution in [-0.4, -0.2) is 22.5 Å². The molecule has 0 aliphatic heterocycles. The number of rotatable bonds is 4. The van der Waals surface area contributed by atoms with Gasteiger partial charge >= 0.3 is 5.97 Å². The van der Waals surface area contributed by atoms with Gasteiger partial charge in [-0.1, -0.05) is 39.8 Å². The van der Waals surface area contributed by atoms with Crippen molar-refractivity contribution >= 4 is 5.97 Å². The lowest BCUT2D eigenvalue weighted by Gasteiger charge is -2.56. The molecule has 0 aromatic rings. The van der Waals surface area contributed by atoms with Crippen LogP contribution in [0.4, 0.5) is 0 Å². The van der Waals surface area contributed by atoms with Crippen LogP contribution in [0.15, 0.2) is 12.2 Å². The van der Waals surface area contributed by atoms with E-state index in [0.717, 1.165) is 0 Å². The highest BCUT2D eigenvalue weighted by molar-refractivity contribution is 5.72. The van der Waals surface area contributed by atoms with Gasteiger partial charge in [0.05, 0.1) is 11.3 Å². The normalized spacial score (nSPS) is 37.1. The average molecular weight is 281 g/mol. The Morgan fingerprint density at radius 2 is 2.10 bits per heavy atom. The second-order valence-electron chi connectivity index (χ2n) is 7.50. The van der Waals surface area contributed by atoms with Gasteiger partial charge in [-0.05, 0) is 29.6 Å². The Morgan fingerprint density at radius 3 is 2.50 bits per heavy atom. The molecule has 112 valence electrons. The summed E-state index contributed by atoms with van der Waals surface area (Å²) in [5.74, 6) is -0.806. The van der Waals surface area contributed by atoms with Gasteiger partial charge in [0.25, 0.3) is 0 Å². The maximum absolute atomic E-state index is 11.8. The molecule has 5 heteroatoms. The Kier molecular flexibility index (Phi) is 3.43. The molecule has 2 aliphatic carbocycles. The van der Waals surface area contributed by atoms with Gasteiger partial charge in [-0.2, -0.15) is 0 Å².